The van der Waals surface area contributed by atoms with Gasteiger partial charge in [0.15, 0.2) is 6.10 Å². The van der Waals surface area contributed by atoms with Crippen LogP contribution in [0.4, 0.5) is 0 Å². The van der Waals surface area contributed by atoms with Crippen LogP contribution in [0.2, 0.25) is 0 Å². The summed E-state index contributed by atoms with van der Waals surface area (Å²) in [5.74, 6) is -0.939. The Labute approximate surface area is 310 Å². The van der Waals surface area contributed by atoms with Gasteiger partial charge in [-0.3, -0.25) is 14.1 Å². The van der Waals surface area contributed by atoms with Gasteiger partial charge in [0.1, 0.15) is 6.61 Å². The number of unbranched alkanes of at least 4 members (excludes halogenated alkanes) is 13. The van der Waals surface area contributed by atoms with E-state index in [-0.39, 0.29) is 19.4 Å². The van der Waals surface area contributed by atoms with Crippen molar-refractivity contribution in [2.45, 2.75) is 168 Å². The molecular formula is C42H71O8P. The Balaban J connectivity index is 4.05. The fourth-order valence-electron chi connectivity index (χ4n) is 5.04. The van der Waals surface area contributed by atoms with Crippen molar-refractivity contribution >= 4 is 19.8 Å². The molecule has 0 aromatic heterocycles. The van der Waals surface area contributed by atoms with Gasteiger partial charge in [-0.15, -0.1) is 0 Å². The van der Waals surface area contributed by atoms with E-state index < -0.39 is 32.5 Å². The van der Waals surface area contributed by atoms with E-state index in [4.69, 9.17) is 19.3 Å². The molecule has 1 unspecified atom stereocenters. The highest BCUT2D eigenvalue weighted by atomic mass is 31.2. The van der Waals surface area contributed by atoms with Crippen molar-refractivity contribution in [1.29, 1.82) is 0 Å². The molecule has 0 saturated carbocycles. The van der Waals surface area contributed by atoms with E-state index in [1.165, 1.54) is 38.5 Å². The summed E-state index contributed by atoms with van der Waals surface area (Å²) in [5.41, 5.74) is 0. The third-order valence-electron chi connectivity index (χ3n) is 7.96. The third-order valence-corrected chi connectivity index (χ3v) is 8.44. The molecule has 0 aromatic carbocycles. The van der Waals surface area contributed by atoms with Crippen LogP contribution in [-0.2, 0) is 28.2 Å². The summed E-state index contributed by atoms with van der Waals surface area (Å²) in [7, 11) is -4.77. The number of phosphoric ester groups is 1. The van der Waals surface area contributed by atoms with Gasteiger partial charge in [-0.2, -0.15) is 0 Å². The van der Waals surface area contributed by atoms with Crippen molar-refractivity contribution < 1.29 is 37.9 Å². The quantitative estimate of drug-likeness (QED) is 0.0286. The fraction of sp³-hybridized carbons (Fsp3) is 0.667. The zero-order valence-corrected chi connectivity index (χ0v) is 32.9. The van der Waals surface area contributed by atoms with Gasteiger partial charge in [-0.05, 0) is 83.5 Å². The van der Waals surface area contributed by atoms with Crippen molar-refractivity contribution in [2.75, 3.05) is 13.2 Å². The molecule has 0 amide bonds. The summed E-state index contributed by atoms with van der Waals surface area (Å²) in [6.07, 6.45) is 47.6. The lowest BCUT2D eigenvalue weighted by molar-refractivity contribution is -0.161. The molecule has 0 aliphatic heterocycles. The molecule has 51 heavy (non-hydrogen) atoms. The van der Waals surface area contributed by atoms with Crippen molar-refractivity contribution in [2.24, 2.45) is 0 Å². The largest absolute Gasteiger partial charge is 0.469 e. The Morgan fingerprint density at radius 1 is 0.529 bits per heavy atom. The number of ether oxygens (including phenoxy) is 2. The van der Waals surface area contributed by atoms with Gasteiger partial charge in [0.05, 0.1) is 6.61 Å². The molecule has 0 heterocycles. The molecular weight excluding hydrogens is 663 g/mol. The first-order chi connectivity index (χ1) is 24.8. The Bertz CT molecular complexity index is 1050. The zero-order chi connectivity index (χ0) is 37.5. The minimum absolute atomic E-state index is 0.168. The molecule has 2 N–H and O–H groups in total. The van der Waals surface area contributed by atoms with Gasteiger partial charge in [-0.1, -0.05) is 138 Å². The highest BCUT2D eigenvalue weighted by molar-refractivity contribution is 7.46. The van der Waals surface area contributed by atoms with Crippen LogP contribution in [0.5, 0.6) is 0 Å². The fourth-order valence-corrected chi connectivity index (χ4v) is 5.40. The van der Waals surface area contributed by atoms with E-state index >= 15 is 0 Å². The van der Waals surface area contributed by atoms with Crippen molar-refractivity contribution in [1.82, 2.24) is 0 Å². The predicted molar refractivity (Wildman–Crippen MR) is 211 cm³/mol. The van der Waals surface area contributed by atoms with Gasteiger partial charge in [0, 0.05) is 12.8 Å². The SMILES string of the molecule is CC/C=C\C/C=C\C/C=C\C/C=C\C/C=C\CCCCCC(=O)OC(COC(=O)CCCCCCC/C=C\CCCCCCC)COP(=O)(O)O. The number of rotatable bonds is 35. The number of carbonyl (C=O) groups excluding carboxylic acids is 2. The van der Waals surface area contributed by atoms with Crippen molar-refractivity contribution in [3.63, 3.8) is 0 Å². The van der Waals surface area contributed by atoms with Gasteiger partial charge in [0.25, 0.3) is 0 Å². The predicted octanol–water partition coefficient (Wildman–Crippen LogP) is 11.9. The first-order valence-electron chi connectivity index (χ1n) is 19.7. The monoisotopic (exact) mass is 734 g/mol. The number of hydrogen-bond acceptors (Lipinski definition) is 6. The summed E-state index contributed by atoms with van der Waals surface area (Å²) in [6, 6.07) is 0. The van der Waals surface area contributed by atoms with E-state index in [9.17, 15) is 14.2 Å². The summed E-state index contributed by atoms with van der Waals surface area (Å²) in [6.45, 7) is 3.51. The van der Waals surface area contributed by atoms with E-state index in [2.05, 4.69) is 91.3 Å². The zero-order valence-electron chi connectivity index (χ0n) is 32.0. The number of hydrogen-bond donors (Lipinski definition) is 2. The second kappa shape index (κ2) is 37.3. The highest BCUT2D eigenvalue weighted by Gasteiger charge is 2.22. The lowest BCUT2D eigenvalue weighted by Crippen LogP contribution is -2.29. The van der Waals surface area contributed by atoms with Crippen LogP contribution in [0.1, 0.15) is 162 Å². The van der Waals surface area contributed by atoms with Crippen LogP contribution in [0.25, 0.3) is 0 Å². The summed E-state index contributed by atoms with van der Waals surface area (Å²) in [5, 5.41) is 0. The lowest BCUT2D eigenvalue weighted by atomic mass is 10.1. The first kappa shape index (κ1) is 48.5. The summed E-state index contributed by atoms with van der Waals surface area (Å²) < 4.78 is 26.3. The van der Waals surface area contributed by atoms with Crippen LogP contribution >= 0.6 is 7.82 Å². The maximum absolute atomic E-state index is 12.4. The third kappa shape index (κ3) is 40.1. The van der Waals surface area contributed by atoms with Gasteiger partial charge in [-0.25, -0.2) is 4.57 Å². The normalized spacial score (nSPS) is 13.3. The Kier molecular flexibility index (Phi) is 35.4. The molecule has 9 heteroatoms. The molecule has 0 rings (SSSR count). The standard InChI is InChI=1S/C42H71O8P/c1-3-5-7-9-11-13-15-17-19-20-21-22-23-25-27-29-31-33-35-37-42(44)50-40(39-49-51(45,46)47)38-48-41(43)36-34-32-30-28-26-24-18-16-14-12-10-8-6-4-2/h5,7,11,13,16-19,21-22,25,27,40H,3-4,6,8-10,12,14-15,20,23-24,26,28-39H2,1-2H3,(H2,45,46,47)/b7-5-,13-11-,18-16-,19-17-,22-21-,27-25-. The van der Waals surface area contributed by atoms with Gasteiger partial charge < -0.3 is 19.3 Å². The maximum Gasteiger partial charge on any atom is 0.469 e. The second-order valence-electron chi connectivity index (χ2n) is 12.9. The molecule has 0 aliphatic rings. The smallest absolute Gasteiger partial charge is 0.462 e. The first-order valence-corrected chi connectivity index (χ1v) is 21.3. The maximum atomic E-state index is 12.4. The molecule has 292 valence electrons. The van der Waals surface area contributed by atoms with E-state index in [0.29, 0.717) is 12.8 Å². The molecule has 1 atom stereocenters. The van der Waals surface area contributed by atoms with Gasteiger partial charge >= 0.3 is 19.8 Å². The molecule has 0 spiro atoms. The minimum Gasteiger partial charge on any atom is -0.462 e. The average molecular weight is 735 g/mol. The average Bonchev–Trinajstić information content (AvgIpc) is 3.10. The number of esters is 2. The van der Waals surface area contributed by atoms with E-state index in [1.807, 2.05) is 0 Å². The van der Waals surface area contributed by atoms with E-state index in [0.717, 1.165) is 83.5 Å². The number of allylic oxidation sites excluding steroid dienone is 12. The minimum atomic E-state index is -4.77. The topological polar surface area (TPSA) is 119 Å². The molecule has 0 aromatic rings. The Morgan fingerprint density at radius 2 is 0.941 bits per heavy atom. The highest BCUT2D eigenvalue weighted by Crippen LogP contribution is 2.36. The van der Waals surface area contributed by atoms with Crippen molar-refractivity contribution in [3.05, 3.63) is 72.9 Å². The summed E-state index contributed by atoms with van der Waals surface area (Å²) in [4.78, 5) is 42.8. The molecule has 0 bridgehead atoms. The van der Waals surface area contributed by atoms with Gasteiger partial charge in [0.2, 0.25) is 0 Å². The number of phosphoric acid groups is 1. The van der Waals surface area contributed by atoms with Crippen LogP contribution in [0.15, 0.2) is 72.9 Å². The lowest BCUT2D eigenvalue weighted by Gasteiger charge is -2.18. The van der Waals surface area contributed by atoms with Crippen LogP contribution in [0, 0.1) is 0 Å². The van der Waals surface area contributed by atoms with Crippen molar-refractivity contribution in [3.8, 4) is 0 Å². The molecule has 8 nitrogen and oxygen atoms in total. The molecule has 0 fully saturated rings. The Morgan fingerprint density at radius 3 is 1.45 bits per heavy atom. The van der Waals surface area contributed by atoms with Crippen LogP contribution in [-0.4, -0.2) is 41.0 Å². The molecule has 0 aliphatic carbocycles. The van der Waals surface area contributed by atoms with E-state index in [1.54, 1.807) is 0 Å². The second-order valence-corrected chi connectivity index (χ2v) is 14.1. The van der Waals surface area contributed by atoms with Crippen LogP contribution < -0.4 is 0 Å². The number of carbonyl (C=O) groups is 2. The molecule has 0 radical (unpaired) electrons. The van der Waals surface area contributed by atoms with Crippen LogP contribution in [0.3, 0.4) is 0 Å². The Hall–Kier alpha value is -2.51. The molecule has 0 saturated heterocycles. The summed E-state index contributed by atoms with van der Waals surface area (Å²) >= 11 is 0.